The smallest absolute Gasteiger partial charge is 0.240 e. The maximum atomic E-state index is 12.7. The second kappa shape index (κ2) is 7.40. The average molecular weight is 386 g/mol. The van der Waals surface area contributed by atoms with E-state index in [2.05, 4.69) is 16.0 Å². The fourth-order valence-electron chi connectivity index (χ4n) is 2.78. The van der Waals surface area contributed by atoms with Crippen LogP contribution in [-0.2, 0) is 14.4 Å². The fraction of sp³-hybridized carbons (Fsp3) is 0.250. The Kier molecular flexibility index (Phi) is 5.19. The first-order valence-corrected chi connectivity index (χ1v) is 8.95. The quantitative estimate of drug-likeness (QED) is 0.680. The molecule has 0 saturated heterocycles. The van der Waals surface area contributed by atoms with E-state index >= 15 is 0 Å². The Balaban J connectivity index is 1.71. The lowest BCUT2D eigenvalue weighted by Crippen LogP contribution is -2.35. The molecule has 140 valence electrons. The van der Waals surface area contributed by atoms with Crippen LogP contribution in [0.4, 0.5) is 17.1 Å². The summed E-state index contributed by atoms with van der Waals surface area (Å²) in [7, 11) is 0. The Labute approximate surface area is 162 Å². The summed E-state index contributed by atoms with van der Waals surface area (Å²) in [6.07, 6.45) is 0.964. The van der Waals surface area contributed by atoms with E-state index < -0.39 is 5.41 Å². The third kappa shape index (κ3) is 4.28. The highest BCUT2D eigenvalue weighted by atomic mass is 35.5. The zero-order valence-electron chi connectivity index (χ0n) is 15.1. The lowest BCUT2D eigenvalue weighted by atomic mass is 10.0. The minimum Gasteiger partial charge on any atom is -0.326 e. The minimum atomic E-state index is -1.08. The number of aryl methyl sites for hydroxylation is 1. The van der Waals surface area contributed by atoms with E-state index in [-0.39, 0.29) is 17.7 Å². The molecular formula is C20H20ClN3O3. The van der Waals surface area contributed by atoms with Gasteiger partial charge in [0.2, 0.25) is 17.7 Å². The predicted molar refractivity (Wildman–Crippen MR) is 106 cm³/mol. The van der Waals surface area contributed by atoms with Crippen LogP contribution in [-0.4, -0.2) is 17.7 Å². The van der Waals surface area contributed by atoms with Gasteiger partial charge in [0.25, 0.3) is 0 Å². The topological polar surface area (TPSA) is 87.3 Å². The number of benzene rings is 2. The third-order valence-corrected chi connectivity index (χ3v) is 4.74. The summed E-state index contributed by atoms with van der Waals surface area (Å²) in [6, 6.07) is 12.0. The largest absolute Gasteiger partial charge is 0.326 e. The molecule has 1 saturated carbocycles. The van der Waals surface area contributed by atoms with Gasteiger partial charge in [-0.2, -0.15) is 0 Å². The second-order valence-electron chi connectivity index (χ2n) is 6.71. The summed E-state index contributed by atoms with van der Waals surface area (Å²) >= 11 is 5.99. The molecule has 3 amide bonds. The van der Waals surface area contributed by atoms with E-state index in [4.69, 9.17) is 11.6 Å². The van der Waals surface area contributed by atoms with Crippen molar-refractivity contribution in [3.63, 3.8) is 0 Å². The molecule has 1 fully saturated rings. The molecule has 0 unspecified atom stereocenters. The molecule has 0 spiro atoms. The number of nitrogens with one attached hydrogen (secondary N) is 3. The van der Waals surface area contributed by atoms with Crippen LogP contribution in [0.2, 0.25) is 5.02 Å². The first kappa shape index (κ1) is 18.9. The van der Waals surface area contributed by atoms with Crippen LogP contribution in [0.5, 0.6) is 0 Å². The van der Waals surface area contributed by atoms with Gasteiger partial charge in [-0.25, -0.2) is 0 Å². The fourth-order valence-corrected chi connectivity index (χ4v) is 2.95. The van der Waals surface area contributed by atoms with Gasteiger partial charge in [-0.05, 0) is 55.7 Å². The molecular weight excluding hydrogens is 366 g/mol. The number of hydrogen-bond donors (Lipinski definition) is 3. The van der Waals surface area contributed by atoms with E-state index in [9.17, 15) is 14.4 Å². The molecule has 1 aliphatic rings. The molecule has 2 aromatic rings. The van der Waals surface area contributed by atoms with Crippen molar-refractivity contribution in [1.29, 1.82) is 0 Å². The second-order valence-corrected chi connectivity index (χ2v) is 7.15. The molecule has 3 N–H and O–H groups in total. The van der Waals surface area contributed by atoms with Crippen LogP contribution in [0.15, 0.2) is 42.5 Å². The molecule has 0 heterocycles. The van der Waals surface area contributed by atoms with Crippen molar-refractivity contribution < 1.29 is 14.4 Å². The summed E-state index contributed by atoms with van der Waals surface area (Å²) in [4.78, 5) is 36.6. The Bertz CT molecular complexity index is 922. The number of rotatable bonds is 5. The SMILES string of the molecule is CC(=O)Nc1cccc(NC(=O)C2(C(=O)Nc3cc(Cl)ccc3C)CC2)c1. The van der Waals surface area contributed by atoms with Gasteiger partial charge in [0.05, 0.1) is 0 Å². The molecule has 0 aliphatic heterocycles. The Hall–Kier alpha value is -2.86. The number of halogens is 1. The van der Waals surface area contributed by atoms with Crippen molar-refractivity contribution in [1.82, 2.24) is 0 Å². The van der Waals surface area contributed by atoms with Crippen LogP contribution >= 0.6 is 11.6 Å². The lowest BCUT2D eigenvalue weighted by Gasteiger charge is -2.17. The van der Waals surface area contributed by atoms with Gasteiger partial charge in [0, 0.05) is 29.0 Å². The summed E-state index contributed by atoms with van der Waals surface area (Å²) in [5.74, 6) is -0.906. The Morgan fingerprint density at radius 3 is 2.19 bits per heavy atom. The molecule has 0 bridgehead atoms. The Morgan fingerprint density at radius 2 is 1.56 bits per heavy atom. The van der Waals surface area contributed by atoms with Crippen LogP contribution < -0.4 is 16.0 Å². The zero-order valence-corrected chi connectivity index (χ0v) is 15.8. The first-order valence-electron chi connectivity index (χ1n) is 8.57. The van der Waals surface area contributed by atoms with Crippen LogP contribution in [0.3, 0.4) is 0 Å². The molecule has 6 nitrogen and oxygen atoms in total. The highest BCUT2D eigenvalue weighted by Crippen LogP contribution is 2.47. The maximum Gasteiger partial charge on any atom is 0.240 e. The summed E-state index contributed by atoms with van der Waals surface area (Å²) in [5.41, 5.74) is 1.47. The molecule has 27 heavy (non-hydrogen) atoms. The van der Waals surface area contributed by atoms with Gasteiger partial charge in [-0.1, -0.05) is 23.7 Å². The minimum absolute atomic E-state index is 0.201. The van der Waals surface area contributed by atoms with Crippen LogP contribution in [0.1, 0.15) is 25.3 Å². The van der Waals surface area contributed by atoms with Gasteiger partial charge >= 0.3 is 0 Å². The van der Waals surface area contributed by atoms with E-state index in [1.54, 1.807) is 36.4 Å². The highest BCUT2D eigenvalue weighted by Gasteiger charge is 2.56. The number of anilines is 3. The van der Waals surface area contributed by atoms with E-state index in [0.29, 0.717) is 34.9 Å². The number of carbonyl (C=O) groups is 3. The molecule has 7 heteroatoms. The third-order valence-electron chi connectivity index (χ3n) is 4.51. The molecule has 0 aromatic heterocycles. The van der Waals surface area contributed by atoms with Crippen molar-refractivity contribution in [3.05, 3.63) is 53.1 Å². The predicted octanol–water partition coefficient (Wildman–Crippen LogP) is 3.96. The molecule has 3 rings (SSSR count). The summed E-state index contributed by atoms with van der Waals surface area (Å²) in [6.45, 7) is 3.27. The number of hydrogen-bond acceptors (Lipinski definition) is 3. The average Bonchev–Trinajstić information content (AvgIpc) is 3.40. The molecule has 1 aliphatic carbocycles. The lowest BCUT2D eigenvalue weighted by molar-refractivity contribution is -0.131. The normalized spacial score (nSPS) is 14.2. The van der Waals surface area contributed by atoms with Gasteiger partial charge in [0.1, 0.15) is 5.41 Å². The summed E-state index contributed by atoms with van der Waals surface area (Å²) < 4.78 is 0. The molecule has 0 atom stereocenters. The van der Waals surface area contributed by atoms with Crippen LogP contribution in [0.25, 0.3) is 0 Å². The van der Waals surface area contributed by atoms with Crippen molar-refractivity contribution in [2.75, 3.05) is 16.0 Å². The molecule has 2 aromatic carbocycles. The van der Waals surface area contributed by atoms with Gasteiger partial charge in [-0.3, -0.25) is 14.4 Å². The highest BCUT2D eigenvalue weighted by molar-refractivity contribution is 6.31. The zero-order chi connectivity index (χ0) is 19.6. The Morgan fingerprint density at radius 1 is 0.926 bits per heavy atom. The van der Waals surface area contributed by atoms with Crippen molar-refractivity contribution in [3.8, 4) is 0 Å². The van der Waals surface area contributed by atoms with Gasteiger partial charge < -0.3 is 16.0 Å². The van der Waals surface area contributed by atoms with E-state index in [1.807, 2.05) is 13.0 Å². The molecule has 0 radical (unpaired) electrons. The van der Waals surface area contributed by atoms with Crippen molar-refractivity contribution >= 4 is 46.4 Å². The van der Waals surface area contributed by atoms with Crippen molar-refractivity contribution in [2.24, 2.45) is 5.41 Å². The van der Waals surface area contributed by atoms with E-state index in [1.165, 1.54) is 6.92 Å². The van der Waals surface area contributed by atoms with Crippen LogP contribution in [0, 0.1) is 12.3 Å². The number of carbonyl (C=O) groups excluding carboxylic acids is 3. The van der Waals surface area contributed by atoms with E-state index in [0.717, 1.165) is 5.56 Å². The standard InChI is InChI=1S/C20H20ClN3O3/c1-12-6-7-14(21)10-17(12)24-19(27)20(8-9-20)18(26)23-16-5-3-4-15(11-16)22-13(2)25/h3-7,10-11H,8-9H2,1-2H3,(H,22,25)(H,23,26)(H,24,27). The van der Waals surface area contributed by atoms with Gasteiger partial charge in [-0.15, -0.1) is 0 Å². The number of amides is 3. The summed E-state index contributed by atoms with van der Waals surface area (Å²) in [5, 5.41) is 8.76. The maximum absolute atomic E-state index is 12.7. The first-order chi connectivity index (χ1) is 12.8. The van der Waals surface area contributed by atoms with Crippen molar-refractivity contribution in [2.45, 2.75) is 26.7 Å². The van der Waals surface area contributed by atoms with Gasteiger partial charge in [0.15, 0.2) is 0 Å². The monoisotopic (exact) mass is 385 g/mol.